The van der Waals surface area contributed by atoms with Crippen molar-refractivity contribution in [2.24, 2.45) is 5.41 Å². The summed E-state index contributed by atoms with van der Waals surface area (Å²) in [5.74, 6) is 0. The van der Waals surface area contributed by atoms with Crippen LogP contribution in [0.3, 0.4) is 0 Å². The third-order valence-electron chi connectivity index (χ3n) is 2.88. The summed E-state index contributed by atoms with van der Waals surface area (Å²) < 4.78 is 0. The van der Waals surface area contributed by atoms with E-state index in [1.165, 1.54) is 0 Å². The minimum Gasteiger partial charge on any atom is -0.314 e. The van der Waals surface area contributed by atoms with Crippen LogP contribution in [0.15, 0.2) is 40.9 Å². The van der Waals surface area contributed by atoms with Crippen LogP contribution in [0.25, 0.3) is 0 Å². The van der Waals surface area contributed by atoms with E-state index in [-0.39, 0.29) is 11.4 Å². The molecule has 0 aliphatic carbocycles. The summed E-state index contributed by atoms with van der Waals surface area (Å²) in [6.07, 6.45) is 1.72. The van der Waals surface area contributed by atoms with E-state index in [0.29, 0.717) is 5.69 Å². The lowest BCUT2D eigenvalue weighted by Crippen LogP contribution is -2.25. The fourth-order valence-corrected chi connectivity index (χ4v) is 1.59. The number of hydrogen-bond acceptors (Lipinski definition) is 3. The number of urea groups is 1. The van der Waals surface area contributed by atoms with Crippen LogP contribution in [0.5, 0.6) is 0 Å². The number of carbonyl (C=O) groups is 1. The van der Waals surface area contributed by atoms with E-state index in [2.05, 4.69) is 31.4 Å². The lowest BCUT2D eigenvalue weighted by molar-refractivity contribution is 0.255. The molecule has 1 aromatic rings. The lowest BCUT2D eigenvalue weighted by Gasteiger charge is -2.19. The Morgan fingerprint density at radius 2 is 1.90 bits per heavy atom. The van der Waals surface area contributed by atoms with Gasteiger partial charge in [-0.2, -0.15) is 5.26 Å². The van der Waals surface area contributed by atoms with Crippen LogP contribution in [0.1, 0.15) is 27.7 Å². The molecule has 0 atom stereocenters. The predicted octanol–water partition coefficient (Wildman–Crippen LogP) is 4.33. The number of rotatable bonds is 3. The molecule has 0 saturated carbocycles. The van der Waals surface area contributed by atoms with Gasteiger partial charge in [0.25, 0.3) is 0 Å². The molecule has 0 fully saturated rings. The molecule has 0 radical (unpaired) electrons. The predicted molar refractivity (Wildman–Crippen MR) is 83.3 cm³/mol. The summed E-state index contributed by atoms with van der Waals surface area (Å²) >= 11 is 1.09. The van der Waals surface area contributed by atoms with Gasteiger partial charge in [0.2, 0.25) is 0 Å². The molecule has 2 amide bonds. The normalized spacial score (nSPS) is 11.7. The van der Waals surface area contributed by atoms with Crippen molar-refractivity contribution in [3.8, 4) is 5.40 Å². The molecule has 0 aliphatic rings. The number of hydrogen-bond donors (Lipinski definition) is 2. The first-order chi connectivity index (χ1) is 9.32. The van der Waals surface area contributed by atoms with E-state index in [0.717, 1.165) is 22.2 Å². The number of benzene rings is 1. The average molecular weight is 289 g/mol. The van der Waals surface area contributed by atoms with Crippen molar-refractivity contribution in [1.82, 2.24) is 5.32 Å². The van der Waals surface area contributed by atoms with Crippen LogP contribution in [0.2, 0.25) is 0 Å². The molecule has 106 valence electrons. The first kappa shape index (κ1) is 16.1. The summed E-state index contributed by atoms with van der Waals surface area (Å²) in [5, 5.41) is 16.0. The zero-order valence-electron chi connectivity index (χ0n) is 12.2. The second-order valence-corrected chi connectivity index (χ2v) is 6.25. The second-order valence-electron chi connectivity index (χ2n) is 5.39. The number of allylic oxidation sites excluding steroid dienone is 1. The van der Waals surface area contributed by atoms with Crippen LogP contribution in [-0.2, 0) is 0 Å². The Balaban J connectivity index is 2.57. The van der Waals surface area contributed by atoms with Crippen molar-refractivity contribution >= 4 is 23.5 Å². The molecular weight excluding hydrogens is 270 g/mol. The first-order valence-electron chi connectivity index (χ1n) is 6.23. The molecule has 1 rings (SSSR count). The van der Waals surface area contributed by atoms with Crippen LogP contribution in [-0.4, -0.2) is 6.03 Å². The largest absolute Gasteiger partial charge is 0.323 e. The topological polar surface area (TPSA) is 64.9 Å². The molecular formula is C15H19N3OS. The standard InChI is InChI=1S/C15H19N3OS/c1-11(15(2,3)4)9-17-14(19)18-12-5-7-13(8-6-12)20-10-16/h5-9H,1-4H3,(H2,17,18,19)/b11-9+. The zero-order valence-corrected chi connectivity index (χ0v) is 13.0. The number of nitriles is 1. The van der Waals surface area contributed by atoms with Gasteiger partial charge in [-0.15, -0.1) is 0 Å². The Bertz CT molecular complexity index is 536. The van der Waals surface area contributed by atoms with E-state index in [9.17, 15) is 4.79 Å². The Morgan fingerprint density at radius 1 is 1.30 bits per heavy atom. The fraction of sp³-hybridized carbons (Fsp3) is 0.333. The van der Waals surface area contributed by atoms with E-state index < -0.39 is 0 Å². The minimum atomic E-state index is -0.283. The summed E-state index contributed by atoms with van der Waals surface area (Å²) in [6, 6.07) is 6.83. The van der Waals surface area contributed by atoms with Crippen LogP contribution < -0.4 is 10.6 Å². The highest BCUT2D eigenvalue weighted by Gasteiger charge is 2.12. The second kappa shape index (κ2) is 7.01. The van der Waals surface area contributed by atoms with Gasteiger partial charge in [-0.25, -0.2) is 4.79 Å². The molecule has 0 aromatic heterocycles. The van der Waals surface area contributed by atoms with Crippen LogP contribution in [0.4, 0.5) is 10.5 Å². The fourth-order valence-electron chi connectivity index (χ4n) is 1.22. The number of nitrogens with zero attached hydrogens (tertiary/aromatic N) is 1. The van der Waals surface area contributed by atoms with Crippen molar-refractivity contribution in [2.75, 3.05) is 5.32 Å². The zero-order chi connectivity index (χ0) is 15.2. The Hall–Kier alpha value is -1.93. The molecule has 20 heavy (non-hydrogen) atoms. The third-order valence-corrected chi connectivity index (χ3v) is 3.48. The number of amides is 2. The summed E-state index contributed by atoms with van der Waals surface area (Å²) in [7, 11) is 0. The van der Waals surface area contributed by atoms with E-state index in [1.807, 2.05) is 12.3 Å². The first-order valence-corrected chi connectivity index (χ1v) is 7.05. The van der Waals surface area contributed by atoms with Gasteiger partial charge in [-0.1, -0.05) is 26.3 Å². The van der Waals surface area contributed by atoms with Gasteiger partial charge in [0.1, 0.15) is 5.40 Å². The summed E-state index contributed by atoms with van der Waals surface area (Å²) in [4.78, 5) is 12.6. The summed E-state index contributed by atoms with van der Waals surface area (Å²) in [5.41, 5.74) is 1.81. The van der Waals surface area contributed by atoms with Crippen LogP contribution >= 0.6 is 11.8 Å². The van der Waals surface area contributed by atoms with Gasteiger partial charge in [-0.3, -0.25) is 0 Å². The van der Waals surface area contributed by atoms with Crippen molar-refractivity contribution in [3.05, 3.63) is 36.0 Å². The number of anilines is 1. The highest BCUT2D eigenvalue weighted by Crippen LogP contribution is 2.23. The van der Waals surface area contributed by atoms with Crippen molar-refractivity contribution < 1.29 is 4.79 Å². The van der Waals surface area contributed by atoms with E-state index >= 15 is 0 Å². The molecule has 5 heteroatoms. The van der Waals surface area contributed by atoms with Crippen molar-refractivity contribution in [2.45, 2.75) is 32.6 Å². The van der Waals surface area contributed by atoms with Gasteiger partial charge in [-0.05, 0) is 48.4 Å². The van der Waals surface area contributed by atoms with Crippen LogP contribution in [0, 0.1) is 16.1 Å². The highest BCUT2D eigenvalue weighted by atomic mass is 32.2. The maximum Gasteiger partial charge on any atom is 0.323 e. The molecule has 0 bridgehead atoms. The molecule has 0 aliphatic heterocycles. The monoisotopic (exact) mass is 289 g/mol. The van der Waals surface area contributed by atoms with Crippen molar-refractivity contribution in [3.63, 3.8) is 0 Å². The maximum atomic E-state index is 11.7. The molecule has 1 aromatic carbocycles. The lowest BCUT2D eigenvalue weighted by atomic mass is 9.88. The molecule has 0 heterocycles. The number of thioether (sulfide) groups is 1. The van der Waals surface area contributed by atoms with Crippen molar-refractivity contribution in [1.29, 1.82) is 5.26 Å². The SMILES string of the molecule is C/C(=C\NC(=O)Nc1ccc(SC#N)cc1)C(C)(C)C. The van der Waals surface area contributed by atoms with Gasteiger partial charge in [0, 0.05) is 16.8 Å². The maximum absolute atomic E-state index is 11.7. The van der Waals surface area contributed by atoms with Gasteiger partial charge < -0.3 is 10.6 Å². The molecule has 0 unspecified atom stereocenters. The van der Waals surface area contributed by atoms with Gasteiger partial charge >= 0.3 is 6.03 Å². The molecule has 2 N–H and O–H groups in total. The molecule has 4 nitrogen and oxygen atoms in total. The number of carbonyl (C=O) groups excluding carboxylic acids is 1. The quantitative estimate of drug-likeness (QED) is 0.643. The number of nitrogens with one attached hydrogen (secondary N) is 2. The molecule has 0 saturated heterocycles. The average Bonchev–Trinajstić information content (AvgIpc) is 2.37. The third kappa shape index (κ3) is 5.37. The van der Waals surface area contributed by atoms with Gasteiger partial charge in [0.15, 0.2) is 0 Å². The van der Waals surface area contributed by atoms with E-state index in [4.69, 9.17) is 5.26 Å². The van der Waals surface area contributed by atoms with Gasteiger partial charge in [0.05, 0.1) is 0 Å². The Labute approximate surface area is 124 Å². The molecule has 0 spiro atoms. The smallest absolute Gasteiger partial charge is 0.314 e. The minimum absolute atomic E-state index is 0.0312. The summed E-state index contributed by atoms with van der Waals surface area (Å²) in [6.45, 7) is 8.24. The Morgan fingerprint density at radius 3 is 2.40 bits per heavy atom. The van der Waals surface area contributed by atoms with E-state index in [1.54, 1.807) is 30.5 Å². The Kier molecular flexibility index (Phi) is 5.66. The highest BCUT2D eigenvalue weighted by molar-refractivity contribution is 8.03. The number of thiocyanates is 1.